The molecule has 1 heterocycles. The van der Waals surface area contributed by atoms with Crippen molar-refractivity contribution in [1.29, 1.82) is 0 Å². The van der Waals surface area contributed by atoms with Crippen molar-refractivity contribution in [3.05, 3.63) is 28.8 Å². The van der Waals surface area contributed by atoms with Gasteiger partial charge in [-0.3, -0.25) is 4.55 Å². The quantitative estimate of drug-likeness (QED) is 0.638. The Balaban J connectivity index is 2.90. The predicted molar refractivity (Wildman–Crippen MR) is 69.5 cm³/mol. The van der Waals surface area contributed by atoms with Gasteiger partial charge >= 0.3 is 0 Å². The van der Waals surface area contributed by atoms with Gasteiger partial charge < -0.3 is 5.73 Å². The molecule has 2 aromatic rings. The second kappa shape index (κ2) is 4.89. The van der Waals surface area contributed by atoms with E-state index in [1.807, 2.05) is 0 Å². The molecule has 0 radical (unpaired) electrons. The van der Waals surface area contributed by atoms with Gasteiger partial charge in [-0.2, -0.15) is 8.42 Å². The number of hydrogen-bond acceptors (Lipinski definition) is 6. The summed E-state index contributed by atoms with van der Waals surface area (Å²) in [6.45, 7) is 0. The van der Waals surface area contributed by atoms with Crippen LogP contribution in [0.1, 0.15) is 0 Å². The van der Waals surface area contributed by atoms with E-state index in [0.717, 1.165) is 18.7 Å². The first kappa shape index (κ1) is 13.9. The van der Waals surface area contributed by atoms with Gasteiger partial charge in [0.2, 0.25) is 0 Å². The van der Waals surface area contributed by atoms with Crippen molar-refractivity contribution in [2.45, 2.75) is 4.90 Å². The van der Waals surface area contributed by atoms with Crippen LogP contribution >= 0.6 is 23.2 Å². The molecule has 10 heteroatoms. The molecular formula is C9H6Cl2N4O3S. The number of hydrogen-bond donors (Lipinski definition) is 2. The molecule has 7 nitrogen and oxygen atoms in total. The molecule has 1 aromatic heterocycles. The van der Waals surface area contributed by atoms with Gasteiger partial charge in [-0.15, -0.1) is 0 Å². The molecule has 0 aliphatic heterocycles. The highest BCUT2D eigenvalue weighted by Gasteiger charge is 2.24. The predicted octanol–water partition coefficient (Wildman–Crippen LogP) is 1.67. The highest BCUT2D eigenvalue weighted by Crippen LogP contribution is 2.40. The maximum atomic E-state index is 11.4. The molecular weight excluding hydrogens is 315 g/mol. The molecule has 0 aliphatic carbocycles. The van der Waals surface area contributed by atoms with E-state index in [1.54, 1.807) is 0 Å². The Morgan fingerprint density at radius 2 is 1.79 bits per heavy atom. The highest BCUT2D eigenvalue weighted by molar-refractivity contribution is 7.86. The molecule has 0 atom stereocenters. The van der Waals surface area contributed by atoms with E-state index >= 15 is 0 Å². The molecule has 0 aliphatic rings. The third-order valence-corrected chi connectivity index (χ3v) is 3.80. The van der Waals surface area contributed by atoms with Gasteiger partial charge in [0.05, 0.1) is 21.3 Å². The molecule has 0 fully saturated rings. The number of aromatic nitrogens is 3. The first-order valence-electron chi connectivity index (χ1n) is 4.69. The van der Waals surface area contributed by atoms with E-state index in [9.17, 15) is 13.0 Å². The maximum absolute atomic E-state index is 11.4. The molecule has 0 unspecified atom stereocenters. The summed E-state index contributed by atoms with van der Waals surface area (Å²) in [5, 5.41) is -0.262. The Morgan fingerprint density at radius 1 is 1.21 bits per heavy atom. The SMILES string of the molecule is Nc1c(Cl)cc(S(=O)(=O)O)c(-c2ncncn2)c1Cl. The van der Waals surface area contributed by atoms with Crippen LogP contribution in [0.25, 0.3) is 11.4 Å². The van der Waals surface area contributed by atoms with Gasteiger partial charge in [0.15, 0.2) is 5.82 Å². The summed E-state index contributed by atoms with van der Waals surface area (Å²) in [6.07, 6.45) is 2.30. The molecule has 1 aromatic carbocycles. The minimum atomic E-state index is -4.57. The van der Waals surface area contributed by atoms with Crippen LogP contribution < -0.4 is 5.73 Å². The zero-order valence-corrected chi connectivity index (χ0v) is 11.4. The minimum Gasteiger partial charge on any atom is -0.396 e. The van der Waals surface area contributed by atoms with Crippen LogP contribution in [-0.4, -0.2) is 27.9 Å². The Labute approximate surface area is 118 Å². The van der Waals surface area contributed by atoms with Crippen molar-refractivity contribution in [3.8, 4) is 11.4 Å². The number of rotatable bonds is 2. The summed E-state index contributed by atoms with van der Waals surface area (Å²) in [7, 11) is -4.57. The molecule has 100 valence electrons. The molecule has 0 saturated heterocycles. The number of nitrogens with zero attached hydrogens (tertiary/aromatic N) is 3. The Morgan fingerprint density at radius 3 is 2.32 bits per heavy atom. The highest BCUT2D eigenvalue weighted by atomic mass is 35.5. The van der Waals surface area contributed by atoms with Crippen LogP contribution in [0.4, 0.5) is 5.69 Å². The van der Waals surface area contributed by atoms with E-state index < -0.39 is 15.0 Å². The second-order valence-corrected chi connectivity index (χ2v) is 5.57. The Hall–Kier alpha value is -1.48. The largest absolute Gasteiger partial charge is 0.396 e. The van der Waals surface area contributed by atoms with E-state index in [0.29, 0.717) is 0 Å². The average molecular weight is 321 g/mol. The molecule has 19 heavy (non-hydrogen) atoms. The Kier molecular flexibility index (Phi) is 3.59. The third-order valence-electron chi connectivity index (χ3n) is 2.21. The van der Waals surface area contributed by atoms with Crippen LogP contribution in [0, 0.1) is 0 Å². The molecule has 0 saturated carbocycles. The second-order valence-electron chi connectivity index (χ2n) is 3.40. The van der Waals surface area contributed by atoms with Crippen LogP contribution in [0.5, 0.6) is 0 Å². The lowest BCUT2D eigenvalue weighted by Crippen LogP contribution is -2.05. The smallest absolute Gasteiger partial charge is 0.295 e. The summed E-state index contributed by atoms with van der Waals surface area (Å²) in [6, 6.07) is 0.983. The first-order chi connectivity index (χ1) is 8.82. The maximum Gasteiger partial charge on any atom is 0.295 e. The average Bonchev–Trinajstić information content (AvgIpc) is 2.35. The molecule has 3 N–H and O–H groups in total. The fourth-order valence-corrected chi connectivity index (χ4v) is 2.77. The molecule has 2 rings (SSSR count). The van der Waals surface area contributed by atoms with Crippen molar-refractivity contribution in [2.24, 2.45) is 0 Å². The molecule has 0 amide bonds. The fourth-order valence-electron chi connectivity index (χ4n) is 1.39. The van der Waals surface area contributed by atoms with Crippen molar-refractivity contribution in [2.75, 3.05) is 5.73 Å². The van der Waals surface area contributed by atoms with Crippen LogP contribution in [0.3, 0.4) is 0 Å². The Bertz CT molecular complexity index is 737. The number of nitrogen functional groups attached to an aromatic ring is 1. The summed E-state index contributed by atoms with van der Waals surface area (Å²) >= 11 is 11.7. The fraction of sp³-hybridized carbons (Fsp3) is 0. The molecule has 0 bridgehead atoms. The number of nitrogens with two attached hydrogens (primary N) is 1. The van der Waals surface area contributed by atoms with Gasteiger partial charge in [0.1, 0.15) is 17.6 Å². The van der Waals surface area contributed by atoms with Gasteiger partial charge in [0, 0.05) is 0 Å². The van der Waals surface area contributed by atoms with Crippen molar-refractivity contribution in [3.63, 3.8) is 0 Å². The van der Waals surface area contributed by atoms with Gasteiger partial charge in [0.25, 0.3) is 10.1 Å². The van der Waals surface area contributed by atoms with Crippen LogP contribution in [0.2, 0.25) is 10.0 Å². The van der Waals surface area contributed by atoms with Gasteiger partial charge in [-0.05, 0) is 6.07 Å². The van der Waals surface area contributed by atoms with E-state index in [-0.39, 0.29) is 27.1 Å². The topological polar surface area (TPSA) is 119 Å². The third kappa shape index (κ3) is 2.61. The number of anilines is 1. The molecule has 0 spiro atoms. The number of benzene rings is 1. The minimum absolute atomic E-state index is 0.0360. The normalized spacial score (nSPS) is 11.5. The van der Waals surface area contributed by atoms with Gasteiger partial charge in [-0.1, -0.05) is 23.2 Å². The summed E-state index contributed by atoms with van der Waals surface area (Å²) in [4.78, 5) is 10.6. The van der Waals surface area contributed by atoms with E-state index in [2.05, 4.69) is 15.0 Å². The monoisotopic (exact) mass is 320 g/mol. The van der Waals surface area contributed by atoms with Crippen molar-refractivity contribution >= 4 is 39.0 Å². The standard InChI is InChI=1S/C9H6Cl2N4O3S/c10-4-1-5(19(16,17)18)6(7(11)8(4)12)9-14-2-13-3-15-9/h1-3H,12H2,(H,16,17,18). The van der Waals surface area contributed by atoms with E-state index in [1.165, 1.54) is 0 Å². The zero-order valence-electron chi connectivity index (χ0n) is 9.08. The lowest BCUT2D eigenvalue weighted by atomic mass is 10.2. The summed E-state index contributed by atoms with van der Waals surface area (Å²) < 4.78 is 32.0. The summed E-state index contributed by atoms with van der Waals surface area (Å²) in [5.74, 6) is -0.0454. The first-order valence-corrected chi connectivity index (χ1v) is 6.89. The zero-order chi connectivity index (χ0) is 14.2. The lowest BCUT2D eigenvalue weighted by Gasteiger charge is -2.11. The van der Waals surface area contributed by atoms with Crippen molar-refractivity contribution < 1.29 is 13.0 Å². The van der Waals surface area contributed by atoms with Crippen LogP contribution in [0.15, 0.2) is 23.6 Å². The van der Waals surface area contributed by atoms with Gasteiger partial charge in [-0.25, -0.2) is 15.0 Å². The lowest BCUT2D eigenvalue weighted by molar-refractivity contribution is 0.483. The summed E-state index contributed by atoms with van der Waals surface area (Å²) in [5.41, 5.74) is 5.45. The van der Waals surface area contributed by atoms with Crippen LogP contribution in [-0.2, 0) is 10.1 Å². The van der Waals surface area contributed by atoms with Crippen molar-refractivity contribution in [1.82, 2.24) is 15.0 Å². The van der Waals surface area contributed by atoms with E-state index in [4.69, 9.17) is 28.9 Å². The number of halogens is 2.